The highest BCUT2D eigenvalue weighted by atomic mass is 35.5. The third kappa shape index (κ3) is 3.39. The third-order valence-electron chi connectivity index (χ3n) is 2.93. The normalized spacial score (nSPS) is 10.3. The van der Waals surface area contributed by atoms with Crippen LogP contribution in [-0.4, -0.2) is 37.7 Å². The second-order valence-corrected chi connectivity index (χ2v) is 5.52. The first-order valence-electron chi connectivity index (χ1n) is 6.66. The van der Waals surface area contributed by atoms with E-state index in [4.69, 9.17) is 16.9 Å². The van der Waals surface area contributed by atoms with Crippen molar-refractivity contribution in [2.75, 3.05) is 23.7 Å². The maximum atomic E-state index is 9.00. The minimum absolute atomic E-state index is 0.223. The predicted octanol–water partition coefficient (Wildman–Crippen LogP) is 2.17. The molecule has 0 atom stereocenters. The maximum Gasteiger partial charge on any atom is 0.247 e. The lowest BCUT2D eigenvalue weighted by atomic mass is 10.3. The molecule has 1 aromatic carbocycles. The molecule has 3 rings (SSSR count). The molecule has 0 saturated carbocycles. The molecule has 0 unspecified atom stereocenters. The molecule has 0 bridgehead atoms. The van der Waals surface area contributed by atoms with Crippen LogP contribution >= 0.6 is 23.1 Å². The SMILES string of the molecule is N#Cc1c(Cl)nsc1NCCNc1nnnn1-c1ccccc1. The van der Waals surface area contributed by atoms with Crippen molar-refractivity contribution < 1.29 is 0 Å². The Bertz CT molecular complexity index is 822. The molecule has 2 aromatic heterocycles. The zero-order valence-corrected chi connectivity index (χ0v) is 13.3. The molecule has 2 heterocycles. The molecule has 0 fully saturated rings. The Labute approximate surface area is 140 Å². The lowest BCUT2D eigenvalue weighted by Gasteiger charge is -2.07. The number of tetrazole rings is 1. The number of para-hydroxylation sites is 1. The van der Waals surface area contributed by atoms with Gasteiger partial charge in [-0.15, -0.1) is 0 Å². The van der Waals surface area contributed by atoms with Gasteiger partial charge in [0.15, 0.2) is 5.15 Å². The van der Waals surface area contributed by atoms with E-state index in [1.165, 1.54) is 0 Å². The molecule has 0 radical (unpaired) electrons. The van der Waals surface area contributed by atoms with Gasteiger partial charge in [-0.1, -0.05) is 34.9 Å². The molecular weight excluding hydrogens is 336 g/mol. The summed E-state index contributed by atoms with van der Waals surface area (Å²) in [6, 6.07) is 11.6. The lowest BCUT2D eigenvalue weighted by molar-refractivity contribution is 0.789. The van der Waals surface area contributed by atoms with Gasteiger partial charge in [0.2, 0.25) is 5.95 Å². The number of halogens is 1. The van der Waals surface area contributed by atoms with Crippen LogP contribution in [-0.2, 0) is 0 Å². The maximum absolute atomic E-state index is 9.00. The van der Waals surface area contributed by atoms with E-state index < -0.39 is 0 Å². The Morgan fingerprint density at radius 2 is 2.00 bits per heavy atom. The Morgan fingerprint density at radius 3 is 2.78 bits per heavy atom. The fraction of sp³-hybridized carbons (Fsp3) is 0.154. The minimum atomic E-state index is 0.223. The summed E-state index contributed by atoms with van der Waals surface area (Å²) in [6.45, 7) is 1.13. The van der Waals surface area contributed by atoms with E-state index in [2.05, 4.69) is 30.5 Å². The molecule has 23 heavy (non-hydrogen) atoms. The van der Waals surface area contributed by atoms with Gasteiger partial charge in [-0.3, -0.25) is 0 Å². The zero-order valence-electron chi connectivity index (χ0n) is 11.8. The smallest absolute Gasteiger partial charge is 0.247 e. The summed E-state index contributed by atoms with van der Waals surface area (Å²) >= 11 is 6.98. The summed E-state index contributed by atoms with van der Waals surface area (Å²) in [5.74, 6) is 0.542. The van der Waals surface area contributed by atoms with Crippen LogP contribution in [0.5, 0.6) is 0 Å². The predicted molar refractivity (Wildman–Crippen MR) is 88.0 cm³/mol. The number of hydrogen-bond donors (Lipinski definition) is 2. The average Bonchev–Trinajstić information content (AvgIpc) is 3.19. The van der Waals surface area contributed by atoms with Crippen LogP contribution in [0.15, 0.2) is 30.3 Å². The number of benzene rings is 1. The largest absolute Gasteiger partial charge is 0.373 e. The first-order valence-corrected chi connectivity index (χ1v) is 7.81. The van der Waals surface area contributed by atoms with E-state index in [0.717, 1.165) is 17.2 Å². The first-order chi connectivity index (χ1) is 11.3. The number of anilines is 2. The van der Waals surface area contributed by atoms with Crippen LogP contribution in [0.2, 0.25) is 5.15 Å². The van der Waals surface area contributed by atoms with E-state index in [0.29, 0.717) is 29.6 Å². The second-order valence-electron chi connectivity index (χ2n) is 4.39. The molecule has 2 N–H and O–H groups in total. The summed E-state index contributed by atoms with van der Waals surface area (Å²) in [6.07, 6.45) is 0. The van der Waals surface area contributed by atoms with Gasteiger partial charge in [-0.2, -0.15) is 14.3 Å². The van der Waals surface area contributed by atoms with Gasteiger partial charge in [0.1, 0.15) is 16.6 Å². The molecule has 0 aliphatic carbocycles. The van der Waals surface area contributed by atoms with Gasteiger partial charge in [-0.05, 0) is 34.1 Å². The van der Waals surface area contributed by atoms with Crippen molar-refractivity contribution in [2.24, 2.45) is 0 Å². The Balaban J connectivity index is 1.58. The van der Waals surface area contributed by atoms with Crippen LogP contribution in [0.4, 0.5) is 10.9 Å². The van der Waals surface area contributed by atoms with Crippen LogP contribution in [0.3, 0.4) is 0 Å². The number of hydrogen-bond acceptors (Lipinski definition) is 8. The molecule has 0 spiro atoms. The van der Waals surface area contributed by atoms with Gasteiger partial charge >= 0.3 is 0 Å². The van der Waals surface area contributed by atoms with Gasteiger partial charge in [0.25, 0.3) is 0 Å². The number of nitrogens with zero attached hydrogens (tertiary/aromatic N) is 6. The highest BCUT2D eigenvalue weighted by Gasteiger charge is 2.11. The minimum Gasteiger partial charge on any atom is -0.373 e. The molecule has 0 amide bonds. The van der Waals surface area contributed by atoms with Crippen LogP contribution in [0.25, 0.3) is 5.69 Å². The van der Waals surface area contributed by atoms with E-state index in [-0.39, 0.29) is 5.15 Å². The highest BCUT2D eigenvalue weighted by Crippen LogP contribution is 2.27. The summed E-state index contributed by atoms with van der Waals surface area (Å²) < 4.78 is 5.55. The number of nitrogens with one attached hydrogen (secondary N) is 2. The van der Waals surface area contributed by atoms with E-state index >= 15 is 0 Å². The Morgan fingerprint density at radius 1 is 1.22 bits per heavy atom. The summed E-state index contributed by atoms with van der Waals surface area (Å²) in [4.78, 5) is 0. The molecule has 10 heteroatoms. The fourth-order valence-electron chi connectivity index (χ4n) is 1.88. The summed E-state index contributed by atoms with van der Waals surface area (Å²) in [7, 11) is 0. The molecule has 0 aliphatic heterocycles. The second kappa shape index (κ2) is 7.04. The molecule has 3 aromatic rings. The van der Waals surface area contributed by atoms with Crippen LogP contribution in [0, 0.1) is 11.3 Å². The van der Waals surface area contributed by atoms with Gasteiger partial charge < -0.3 is 10.6 Å². The van der Waals surface area contributed by atoms with Crippen molar-refractivity contribution in [1.82, 2.24) is 24.6 Å². The molecule has 116 valence electrons. The van der Waals surface area contributed by atoms with Gasteiger partial charge in [0.05, 0.1) is 5.69 Å². The monoisotopic (exact) mass is 346 g/mol. The van der Waals surface area contributed by atoms with E-state index in [1.807, 2.05) is 36.4 Å². The number of aromatic nitrogens is 5. The Hall–Kier alpha value is -2.70. The first kappa shape index (κ1) is 15.2. The van der Waals surface area contributed by atoms with Crippen molar-refractivity contribution in [3.63, 3.8) is 0 Å². The molecular formula is C13H11ClN8S. The van der Waals surface area contributed by atoms with Crippen molar-refractivity contribution >= 4 is 34.1 Å². The van der Waals surface area contributed by atoms with Crippen LogP contribution in [0.1, 0.15) is 5.56 Å². The van der Waals surface area contributed by atoms with Crippen LogP contribution < -0.4 is 10.6 Å². The molecule has 0 saturated heterocycles. The number of nitriles is 1. The standard InChI is InChI=1S/C13H11ClN8S/c14-11-10(8-15)12(23-19-11)16-6-7-17-13-18-20-21-22(13)9-4-2-1-3-5-9/h1-5,16H,6-7H2,(H,17,18,21). The van der Waals surface area contributed by atoms with Gasteiger partial charge in [-0.25, -0.2) is 0 Å². The average molecular weight is 347 g/mol. The van der Waals surface area contributed by atoms with Crippen molar-refractivity contribution in [2.45, 2.75) is 0 Å². The quantitative estimate of drug-likeness (QED) is 0.659. The molecule has 8 nitrogen and oxygen atoms in total. The molecule has 0 aliphatic rings. The van der Waals surface area contributed by atoms with Gasteiger partial charge in [0, 0.05) is 13.1 Å². The lowest BCUT2D eigenvalue weighted by Crippen LogP contribution is -2.16. The zero-order chi connectivity index (χ0) is 16.1. The number of rotatable bonds is 6. The van der Waals surface area contributed by atoms with E-state index in [9.17, 15) is 0 Å². The highest BCUT2D eigenvalue weighted by molar-refractivity contribution is 7.10. The topological polar surface area (TPSA) is 104 Å². The third-order valence-corrected chi connectivity index (χ3v) is 4.10. The Kier molecular flexibility index (Phi) is 4.65. The van der Waals surface area contributed by atoms with Crippen molar-refractivity contribution in [3.8, 4) is 11.8 Å². The fourth-order valence-corrected chi connectivity index (χ4v) is 2.84. The summed E-state index contributed by atoms with van der Waals surface area (Å²) in [5.41, 5.74) is 1.24. The van der Waals surface area contributed by atoms with Crippen molar-refractivity contribution in [1.29, 1.82) is 5.26 Å². The summed E-state index contributed by atoms with van der Waals surface area (Å²) in [5, 5.41) is 27.7. The van der Waals surface area contributed by atoms with E-state index in [1.54, 1.807) is 4.68 Å². The van der Waals surface area contributed by atoms with Crippen molar-refractivity contribution in [3.05, 3.63) is 41.0 Å².